The molecule has 0 spiro atoms. The van der Waals surface area contributed by atoms with Crippen molar-refractivity contribution in [2.75, 3.05) is 13.1 Å². The Kier molecular flexibility index (Phi) is 3.72. The second-order valence-electron chi connectivity index (χ2n) is 6.07. The van der Waals surface area contributed by atoms with Crippen molar-refractivity contribution < 1.29 is 9.32 Å². The van der Waals surface area contributed by atoms with Crippen molar-refractivity contribution in [2.45, 2.75) is 33.1 Å². The Labute approximate surface area is 127 Å². The Morgan fingerprint density at radius 1 is 1.32 bits per heavy atom. The molecule has 0 N–H and O–H groups in total. The van der Waals surface area contributed by atoms with Gasteiger partial charge in [0.2, 0.25) is 0 Å². The maximum absolute atomic E-state index is 12.9. The molecule has 2 aromatic heterocycles. The predicted molar refractivity (Wildman–Crippen MR) is 80.7 cm³/mol. The standard InChI is InChI=1S/C15H20N4O3/c1-9-5-4-7-19(8-6-9)15(21)12-11-10(2)22-17-13(11)14(20)18(3)16-12/h9H,4-8H2,1-3H3/t9-/m0/s1. The third kappa shape index (κ3) is 2.40. The Bertz CT molecular complexity index is 777. The third-order valence-electron chi connectivity index (χ3n) is 4.35. The summed E-state index contributed by atoms with van der Waals surface area (Å²) in [5, 5.41) is 8.39. The zero-order chi connectivity index (χ0) is 15.9. The molecule has 0 aliphatic carbocycles. The van der Waals surface area contributed by atoms with Crippen molar-refractivity contribution in [3.05, 3.63) is 21.8 Å². The lowest BCUT2D eigenvalue weighted by molar-refractivity contribution is 0.0754. The van der Waals surface area contributed by atoms with E-state index in [-0.39, 0.29) is 22.7 Å². The van der Waals surface area contributed by atoms with E-state index in [0.29, 0.717) is 17.1 Å². The van der Waals surface area contributed by atoms with Crippen LogP contribution in [-0.4, -0.2) is 38.8 Å². The first-order chi connectivity index (χ1) is 10.5. The molecule has 1 saturated heterocycles. The van der Waals surface area contributed by atoms with Crippen LogP contribution in [0.15, 0.2) is 9.32 Å². The highest BCUT2D eigenvalue weighted by Gasteiger charge is 2.26. The highest BCUT2D eigenvalue weighted by atomic mass is 16.5. The number of hydrogen-bond donors (Lipinski definition) is 0. The van der Waals surface area contributed by atoms with Crippen LogP contribution in [0.25, 0.3) is 10.9 Å². The van der Waals surface area contributed by atoms with Crippen LogP contribution in [0.2, 0.25) is 0 Å². The van der Waals surface area contributed by atoms with Crippen LogP contribution in [0.1, 0.15) is 42.4 Å². The fraction of sp³-hybridized carbons (Fsp3) is 0.600. The Morgan fingerprint density at radius 2 is 2.09 bits per heavy atom. The minimum absolute atomic E-state index is 0.152. The van der Waals surface area contributed by atoms with Crippen LogP contribution >= 0.6 is 0 Å². The van der Waals surface area contributed by atoms with Crippen molar-refractivity contribution in [3.8, 4) is 0 Å². The van der Waals surface area contributed by atoms with Gasteiger partial charge in [0.05, 0.1) is 5.39 Å². The van der Waals surface area contributed by atoms with Gasteiger partial charge in [0.25, 0.3) is 11.5 Å². The van der Waals surface area contributed by atoms with Crippen LogP contribution in [0, 0.1) is 12.8 Å². The fourth-order valence-electron chi connectivity index (χ4n) is 2.96. The zero-order valence-corrected chi connectivity index (χ0v) is 13.1. The van der Waals surface area contributed by atoms with E-state index < -0.39 is 0 Å². The van der Waals surface area contributed by atoms with E-state index in [2.05, 4.69) is 17.2 Å². The van der Waals surface area contributed by atoms with Crippen LogP contribution in [-0.2, 0) is 7.05 Å². The number of likely N-dealkylation sites (tertiary alicyclic amines) is 1. The van der Waals surface area contributed by atoms with Crippen LogP contribution in [0.5, 0.6) is 0 Å². The smallest absolute Gasteiger partial charge is 0.296 e. The first-order valence-electron chi connectivity index (χ1n) is 7.61. The predicted octanol–water partition coefficient (Wildman–Crippen LogP) is 1.49. The molecule has 1 amide bonds. The topological polar surface area (TPSA) is 81.2 Å². The molecular formula is C15H20N4O3. The third-order valence-corrected chi connectivity index (χ3v) is 4.35. The summed E-state index contributed by atoms with van der Waals surface area (Å²) in [6, 6.07) is 0. The number of carbonyl (C=O) groups excluding carboxylic acids is 1. The molecule has 1 aliphatic heterocycles. The summed E-state index contributed by atoms with van der Waals surface area (Å²) in [7, 11) is 1.52. The van der Waals surface area contributed by atoms with Gasteiger partial charge in [0.15, 0.2) is 11.2 Å². The molecule has 22 heavy (non-hydrogen) atoms. The van der Waals surface area contributed by atoms with Gasteiger partial charge in [-0.25, -0.2) is 4.68 Å². The molecule has 2 aromatic rings. The van der Waals surface area contributed by atoms with Gasteiger partial charge in [-0.3, -0.25) is 9.59 Å². The van der Waals surface area contributed by atoms with E-state index in [1.807, 2.05) is 4.90 Å². The quantitative estimate of drug-likeness (QED) is 0.797. The number of aromatic nitrogens is 3. The SMILES string of the molecule is Cc1onc2c(=O)n(C)nc(C(=O)N3CCC[C@H](C)CC3)c12. The number of amides is 1. The minimum atomic E-state index is -0.354. The summed E-state index contributed by atoms with van der Waals surface area (Å²) in [6.45, 7) is 5.34. The van der Waals surface area contributed by atoms with E-state index in [0.717, 1.165) is 37.0 Å². The Hall–Kier alpha value is -2.18. The Balaban J connectivity index is 2.06. The molecule has 3 heterocycles. The molecule has 0 radical (unpaired) electrons. The van der Waals surface area contributed by atoms with Gasteiger partial charge in [0, 0.05) is 20.1 Å². The van der Waals surface area contributed by atoms with Crippen molar-refractivity contribution >= 4 is 16.8 Å². The average Bonchev–Trinajstić information content (AvgIpc) is 2.74. The van der Waals surface area contributed by atoms with E-state index in [1.54, 1.807) is 6.92 Å². The molecule has 0 saturated carbocycles. The first-order valence-corrected chi connectivity index (χ1v) is 7.61. The van der Waals surface area contributed by atoms with Gasteiger partial charge < -0.3 is 9.42 Å². The monoisotopic (exact) mass is 304 g/mol. The van der Waals surface area contributed by atoms with Gasteiger partial charge in [0.1, 0.15) is 5.76 Å². The van der Waals surface area contributed by atoms with Crippen molar-refractivity contribution in [2.24, 2.45) is 13.0 Å². The first kappa shape index (κ1) is 14.7. The molecule has 7 heteroatoms. The van der Waals surface area contributed by atoms with E-state index >= 15 is 0 Å². The molecule has 0 bridgehead atoms. The molecular weight excluding hydrogens is 284 g/mol. The number of nitrogens with zero attached hydrogens (tertiary/aromatic N) is 4. The van der Waals surface area contributed by atoms with Gasteiger partial charge in [-0.1, -0.05) is 12.1 Å². The molecule has 1 aliphatic rings. The summed E-state index contributed by atoms with van der Waals surface area (Å²) < 4.78 is 6.25. The summed E-state index contributed by atoms with van der Waals surface area (Å²) in [4.78, 5) is 26.7. The second kappa shape index (κ2) is 5.55. The summed E-state index contributed by atoms with van der Waals surface area (Å²) in [5.41, 5.74) is 0.0693. The molecule has 1 atom stereocenters. The average molecular weight is 304 g/mol. The van der Waals surface area contributed by atoms with Crippen molar-refractivity contribution in [1.29, 1.82) is 0 Å². The number of aryl methyl sites for hydroxylation is 2. The van der Waals surface area contributed by atoms with Gasteiger partial charge in [-0.15, -0.1) is 0 Å². The fourth-order valence-corrected chi connectivity index (χ4v) is 2.96. The Morgan fingerprint density at radius 3 is 2.86 bits per heavy atom. The molecule has 3 rings (SSSR count). The molecule has 7 nitrogen and oxygen atoms in total. The molecule has 0 unspecified atom stereocenters. The number of rotatable bonds is 1. The van der Waals surface area contributed by atoms with Crippen LogP contribution in [0.4, 0.5) is 0 Å². The van der Waals surface area contributed by atoms with Gasteiger partial charge >= 0.3 is 0 Å². The number of fused-ring (bicyclic) bond motifs is 1. The molecule has 0 aromatic carbocycles. The highest BCUT2D eigenvalue weighted by Crippen LogP contribution is 2.22. The maximum Gasteiger partial charge on any atom is 0.296 e. The van der Waals surface area contributed by atoms with E-state index in [9.17, 15) is 9.59 Å². The lowest BCUT2D eigenvalue weighted by atomic mass is 10.0. The van der Waals surface area contributed by atoms with Crippen molar-refractivity contribution in [1.82, 2.24) is 19.8 Å². The van der Waals surface area contributed by atoms with Gasteiger partial charge in [-0.05, 0) is 32.1 Å². The lowest BCUT2D eigenvalue weighted by Crippen LogP contribution is -2.34. The van der Waals surface area contributed by atoms with E-state index in [4.69, 9.17) is 4.52 Å². The van der Waals surface area contributed by atoms with E-state index in [1.165, 1.54) is 7.05 Å². The van der Waals surface area contributed by atoms with Crippen molar-refractivity contribution in [3.63, 3.8) is 0 Å². The number of carbonyl (C=O) groups is 1. The second-order valence-corrected chi connectivity index (χ2v) is 6.07. The highest BCUT2D eigenvalue weighted by molar-refractivity contribution is 6.04. The number of hydrogen-bond acceptors (Lipinski definition) is 5. The molecule has 1 fully saturated rings. The normalized spacial score (nSPS) is 19.4. The van der Waals surface area contributed by atoms with Crippen LogP contribution in [0.3, 0.4) is 0 Å². The maximum atomic E-state index is 12.9. The largest absolute Gasteiger partial charge is 0.360 e. The van der Waals surface area contributed by atoms with Crippen LogP contribution < -0.4 is 5.56 Å². The summed E-state index contributed by atoms with van der Waals surface area (Å²) in [5.74, 6) is 0.927. The summed E-state index contributed by atoms with van der Waals surface area (Å²) >= 11 is 0. The van der Waals surface area contributed by atoms with Gasteiger partial charge in [-0.2, -0.15) is 5.10 Å². The lowest BCUT2D eigenvalue weighted by Gasteiger charge is -2.20. The summed E-state index contributed by atoms with van der Waals surface area (Å²) in [6.07, 6.45) is 3.11. The minimum Gasteiger partial charge on any atom is -0.360 e. The molecule has 118 valence electrons. The zero-order valence-electron chi connectivity index (χ0n) is 13.1.